The number of nitrogens with zero attached hydrogens (tertiary/aromatic N) is 1. The molecule has 1 rings (SSSR count). The third kappa shape index (κ3) is 5.19. The van der Waals surface area contributed by atoms with Crippen molar-refractivity contribution in [2.75, 3.05) is 26.8 Å². The second-order valence-electron chi connectivity index (χ2n) is 4.81. The Morgan fingerprint density at radius 2 is 1.75 bits per heavy atom. The van der Waals surface area contributed by atoms with E-state index >= 15 is 0 Å². The first-order valence-electron chi connectivity index (χ1n) is 7.28. The van der Waals surface area contributed by atoms with Crippen molar-refractivity contribution in [1.82, 2.24) is 4.90 Å². The predicted octanol–water partition coefficient (Wildman–Crippen LogP) is 3.61. The van der Waals surface area contributed by atoms with Gasteiger partial charge in [-0.15, -0.1) is 0 Å². The SMILES string of the molecule is CCOC(CCN(C)C(C)c1ccccc1F)OCC. The quantitative estimate of drug-likeness (QED) is 0.646. The van der Waals surface area contributed by atoms with Gasteiger partial charge in [0.2, 0.25) is 0 Å². The fraction of sp³-hybridized carbons (Fsp3) is 0.625. The highest BCUT2D eigenvalue weighted by Crippen LogP contribution is 2.21. The fourth-order valence-electron chi connectivity index (χ4n) is 2.14. The van der Waals surface area contributed by atoms with E-state index in [1.54, 1.807) is 6.07 Å². The van der Waals surface area contributed by atoms with Gasteiger partial charge in [0.25, 0.3) is 0 Å². The van der Waals surface area contributed by atoms with Crippen LogP contribution in [0.15, 0.2) is 24.3 Å². The summed E-state index contributed by atoms with van der Waals surface area (Å²) in [6.45, 7) is 7.98. The molecule has 1 aromatic carbocycles. The smallest absolute Gasteiger partial charge is 0.158 e. The van der Waals surface area contributed by atoms with E-state index in [2.05, 4.69) is 4.90 Å². The lowest BCUT2D eigenvalue weighted by atomic mass is 10.1. The lowest BCUT2D eigenvalue weighted by molar-refractivity contribution is -0.141. The monoisotopic (exact) mass is 283 g/mol. The number of halogens is 1. The minimum Gasteiger partial charge on any atom is -0.353 e. The summed E-state index contributed by atoms with van der Waals surface area (Å²) in [4.78, 5) is 2.11. The second-order valence-corrected chi connectivity index (χ2v) is 4.81. The zero-order valence-corrected chi connectivity index (χ0v) is 12.9. The van der Waals surface area contributed by atoms with Crippen LogP contribution in [-0.4, -0.2) is 38.0 Å². The molecule has 1 unspecified atom stereocenters. The largest absolute Gasteiger partial charge is 0.353 e. The molecule has 20 heavy (non-hydrogen) atoms. The van der Waals surface area contributed by atoms with Crippen molar-refractivity contribution in [1.29, 1.82) is 0 Å². The highest BCUT2D eigenvalue weighted by Gasteiger charge is 2.17. The van der Waals surface area contributed by atoms with E-state index in [9.17, 15) is 4.39 Å². The summed E-state index contributed by atoms with van der Waals surface area (Å²) in [5.74, 6) is -0.155. The number of ether oxygens (including phenoxy) is 2. The molecule has 0 heterocycles. The van der Waals surface area contributed by atoms with Crippen LogP contribution in [0.3, 0.4) is 0 Å². The molecule has 0 amide bonds. The van der Waals surface area contributed by atoms with Gasteiger partial charge >= 0.3 is 0 Å². The third-order valence-electron chi connectivity index (χ3n) is 3.44. The molecule has 0 radical (unpaired) electrons. The van der Waals surface area contributed by atoms with Gasteiger partial charge in [0, 0.05) is 37.8 Å². The van der Waals surface area contributed by atoms with Crippen LogP contribution in [0.2, 0.25) is 0 Å². The normalized spacial score (nSPS) is 13.2. The molecule has 0 fully saturated rings. The molecule has 1 aromatic rings. The molecule has 0 N–H and O–H groups in total. The summed E-state index contributed by atoms with van der Waals surface area (Å²) >= 11 is 0. The van der Waals surface area contributed by atoms with Crippen molar-refractivity contribution in [3.63, 3.8) is 0 Å². The number of rotatable bonds is 9. The van der Waals surface area contributed by atoms with Crippen LogP contribution in [0.25, 0.3) is 0 Å². The van der Waals surface area contributed by atoms with Crippen molar-refractivity contribution >= 4 is 0 Å². The van der Waals surface area contributed by atoms with Crippen LogP contribution >= 0.6 is 0 Å². The van der Waals surface area contributed by atoms with Gasteiger partial charge in [0.05, 0.1) is 0 Å². The second kappa shape index (κ2) is 9.06. The van der Waals surface area contributed by atoms with Crippen LogP contribution in [0, 0.1) is 5.82 Å². The molecule has 0 aliphatic carbocycles. The molecular weight excluding hydrogens is 257 g/mol. The summed E-state index contributed by atoms with van der Waals surface area (Å²) in [5, 5.41) is 0. The zero-order valence-electron chi connectivity index (χ0n) is 12.9. The highest BCUT2D eigenvalue weighted by atomic mass is 19.1. The average Bonchev–Trinajstić information content (AvgIpc) is 2.44. The maximum atomic E-state index is 13.8. The van der Waals surface area contributed by atoms with Gasteiger partial charge in [-0.1, -0.05) is 18.2 Å². The maximum Gasteiger partial charge on any atom is 0.158 e. The standard InChI is InChI=1S/C16H26FNO2/c1-5-19-16(20-6-2)11-12-18(4)13(3)14-9-7-8-10-15(14)17/h7-10,13,16H,5-6,11-12H2,1-4H3. The topological polar surface area (TPSA) is 21.7 Å². The van der Waals surface area contributed by atoms with Crippen molar-refractivity contribution in [3.05, 3.63) is 35.6 Å². The van der Waals surface area contributed by atoms with Gasteiger partial charge in [0.15, 0.2) is 6.29 Å². The first kappa shape index (κ1) is 17.1. The van der Waals surface area contributed by atoms with Crippen LogP contribution in [-0.2, 0) is 9.47 Å². The van der Waals surface area contributed by atoms with Crippen molar-refractivity contribution in [2.45, 2.75) is 39.5 Å². The minimum absolute atomic E-state index is 0.0279. The molecule has 0 aliphatic rings. The van der Waals surface area contributed by atoms with Crippen molar-refractivity contribution < 1.29 is 13.9 Å². The van der Waals surface area contributed by atoms with Crippen molar-refractivity contribution in [3.8, 4) is 0 Å². The van der Waals surface area contributed by atoms with E-state index in [1.165, 1.54) is 6.07 Å². The van der Waals surface area contributed by atoms with Crippen molar-refractivity contribution in [2.24, 2.45) is 0 Å². The Labute approximate surface area is 121 Å². The summed E-state index contributed by atoms with van der Waals surface area (Å²) < 4.78 is 24.8. The lowest BCUT2D eigenvalue weighted by Gasteiger charge is -2.27. The Morgan fingerprint density at radius 1 is 1.15 bits per heavy atom. The van der Waals surface area contributed by atoms with E-state index in [0.29, 0.717) is 13.2 Å². The molecule has 0 saturated carbocycles. The molecule has 0 aromatic heterocycles. The first-order valence-corrected chi connectivity index (χ1v) is 7.28. The van der Waals surface area contributed by atoms with E-state index < -0.39 is 0 Å². The molecular formula is C16H26FNO2. The van der Waals surface area contributed by atoms with Crippen LogP contribution in [0.4, 0.5) is 4.39 Å². The minimum atomic E-state index is -0.180. The van der Waals surface area contributed by atoms with E-state index in [-0.39, 0.29) is 18.1 Å². The van der Waals surface area contributed by atoms with Gasteiger partial charge in [-0.2, -0.15) is 0 Å². The molecule has 3 nitrogen and oxygen atoms in total. The molecule has 1 atom stereocenters. The molecule has 0 spiro atoms. The fourth-order valence-corrected chi connectivity index (χ4v) is 2.14. The number of hydrogen-bond donors (Lipinski definition) is 0. The van der Waals surface area contributed by atoms with Gasteiger partial charge in [0.1, 0.15) is 5.82 Å². The van der Waals surface area contributed by atoms with Gasteiger partial charge in [-0.3, -0.25) is 4.90 Å². The maximum absolute atomic E-state index is 13.8. The van der Waals surface area contributed by atoms with Gasteiger partial charge in [-0.05, 0) is 33.9 Å². The highest BCUT2D eigenvalue weighted by molar-refractivity contribution is 5.20. The molecule has 0 aliphatic heterocycles. The Bertz CT molecular complexity index is 380. The van der Waals surface area contributed by atoms with E-state index in [1.807, 2.05) is 40.0 Å². The van der Waals surface area contributed by atoms with Crippen LogP contribution in [0.1, 0.15) is 38.8 Å². The summed E-state index contributed by atoms with van der Waals surface area (Å²) in [6, 6.07) is 6.94. The Hall–Kier alpha value is -0.970. The average molecular weight is 283 g/mol. The molecule has 4 heteroatoms. The Kier molecular flexibility index (Phi) is 7.73. The summed E-state index contributed by atoms with van der Waals surface area (Å²) in [6.07, 6.45) is 0.594. The van der Waals surface area contributed by atoms with E-state index in [0.717, 1.165) is 18.5 Å². The third-order valence-corrected chi connectivity index (χ3v) is 3.44. The molecule has 0 bridgehead atoms. The van der Waals surface area contributed by atoms with Gasteiger partial charge < -0.3 is 9.47 Å². The first-order chi connectivity index (χ1) is 9.60. The Balaban J connectivity index is 2.53. The molecule has 114 valence electrons. The van der Waals surface area contributed by atoms with Crippen LogP contribution < -0.4 is 0 Å². The Morgan fingerprint density at radius 3 is 2.30 bits per heavy atom. The lowest BCUT2D eigenvalue weighted by Crippen LogP contribution is -2.29. The van der Waals surface area contributed by atoms with E-state index in [4.69, 9.17) is 9.47 Å². The number of benzene rings is 1. The molecule has 0 saturated heterocycles. The zero-order chi connectivity index (χ0) is 15.0. The van der Waals surface area contributed by atoms with Crippen LogP contribution in [0.5, 0.6) is 0 Å². The number of hydrogen-bond acceptors (Lipinski definition) is 3. The van der Waals surface area contributed by atoms with Gasteiger partial charge in [-0.25, -0.2) is 4.39 Å². The predicted molar refractivity (Wildman–Crippen MR) is 79.1 cm³/mol. The summed E-state index contributed by atoms with van der Waals surface area (Å²) in [5.41, 5.74) is 0.722. The summed E-state index contributed by atoms with van der Waals surface area (Å²) in [7, 11) is 1.99.